The fourth-order valence-corrected chi connectivity index (χ4v) is 2.38. The van der Waals surface area contributed by atoms with Crippen molar-refractivity contribution in [2.45, 2.75) is 26.3 Å². The number of benzene rings is 1. The number of nitrogens with one attached hydrogen (secondary N) is 1. The van der Waals surface area contributed by atoms with Gasteiger partial charge in [0.05, 0.1) is 19.3 Å². The second-order valence-electron chi connectivity index (χ2n) is 4.94. The van der Waals surface area contributed by atoms with Crippen LogP contribution in [-0.4, -0.2) is 23.4 Å². The number of rotatable bonds is 6. The number of methoxy groups -OCH3 is 1. The van der Waals surface area contributed by atoms with E-state index in [9.17, 15) is 0 Å². The highest BCUT2D eigenvalue weighted by Crippen LogP contribution is 2.31. The number of aromatic nitrogens is 2. The Morgan fingerprint density at radius 1 is 1.30 bits per heavy atom. The van der Waals surface area contributed by atoms with Crippen LogP contribution in [0.2, 0.25) is 0 Å². The minimum atomic E-state index is 0.111. The molecule has 1 unspecified atom stereocenters. The van der Waals surface area contributed by atoms with Crippen LogP contribution in [0.15, 0.2) is 30.5 Å². The quantitative estimate of drug-likeness (QED) is 0.879. The SMILES string of the molecule is CCCNC(c1ccccc1OC)c1cnn(C)c1C. The number of ether oxygens (including phenoxy) is 1. The molecule has 0 radical (unpaired) electrons. The molecule has 0 bridgehead atoms. The van der Waals surface area contributed by atoms with Gasteiger partial charge >= 0.3 is 0 Å². The van der Waals surface area contributed by atoms with Gasteiger partial charge in [-0.3, -0.25) is 4.68 Å². The van der Waals surface area contributed by atoms with Crippen molar-refractivity contribution in [1.29, 1.82) is 0 Å². The van der Waals surface area contributed by atoms with E-state index in [-0.39, 0.29) is 6.04 Å². The van der Waals surface area contributed by atoms with Crippen molar-refractivity contribution < 1.29 is 4.74 Å². The van der Waals surface area contributed by atoms with Crippen molar-refractivity contribution in [3.63, 3.8) is 0 Å². The lowest BCUT2D eigenvalue weighted by atomic mass is 9.98. The van der Waals surface area contributed by atoms with E-state index < -0.39 is 0 Å². The standard InChI is InChI=1S/C16H23N3O/c1-5-10-17-16(14-11-18-19(3)12(14)2)13-8-6-7-9-15(13)20-4/h6-9,11,16-17H,5,10H2,1-4H3. The molecule has 0 saturated heterocycles. The number of aryl methyl sites for hydroxylation is 1. The Labute approximate surface area is 120 Å². The van der Waals surface area contributed by atoms with Crippen LogP contribution < -0.4 is 10.1 Å². The van der Waals surface area contributed by atoms with Crippen LogP contribution in [0.25, 0.3) is 0 Å². The van der Waals surface area contributed by atoms with Gasteiger partial charge < -0.3 is 10.1 Å². The van der Waals surface area contributed by atoms with Gasteiger partial charge in [0.25, 0.3) is 0 Å². The first-order chi connectivity index (χ1) is 9.69. The summed E-state index contributed by atoms with van der Waals surface area (Å²) in [4.78, 5) is 0. The lowest BCUT2D eigenvalue weighted by Crippen LogP contribution is -2.24. The summed E-state index contributed by atoms with van der Waals surface area (Å²) in [6, 6.07) is 8.26. The Kier molecular flexibility index (Phi) is 4.79. The van der Waals surface area contributed by atoms with Gasteiger partial charge in [0, 0.05) is 23.9 Å². The molecule has 0 amide bonds. The predicted octanol–water partition coefficient (Wildman–Crippen LogP) is 2.83. The summed E-state index contributed by atoms with van der Waals surface area (Å²) >= 11 is 0. The van der Waals surface area contributed by atoms with Gasteiger partial charge in [0.2, 0.25) is 0 Å². The first-order valence-corrected chi connectivity index (χ1v) is 7.03. The summed E-state index contributed by atoms with van der Waals surface area (Å²) in [5.74, 6) is 0.907. The summed E-state index contributed by atoms with van der Waals surface area (Å²) in [5.41, 5.74) is 3.52. The molecule has 0 saturated carbocycles. The Hall–Kier alpha value is -1.81. The van der Waals surface area contributed by atoms with Gasteiger partial charge in [-0.1, -0.05) is 25.1 Å². The summed E-state index contributed by atoms with van der Waals surface area (Å²) < 4.78 is 7.42. The summed E-state index contributed by atoms with van der Waals surface area (Å²) in [5, 5.41) is 7.96. The van der Waals surface area contributed by atoms with Crippen LogP contribution >= 0.6 is 0 Å². The molecule has 1 heterocycles. The van der Waals surface area contributed by atoms with Crippen molar-refractivity contribution in [1.82, 2.24) is 15.1 Å². The van der Waals surface area contributed by atoms with E-state index in [4.69, 9.17) is 4.74 Å². The Morgan fingerprint density at radius 3 is 2.65 bits per heavy atom. The summed E-state index contributed by atoms with van der Waals surface area (Å²) in [6.45, 7) is 5.22. The molecule has 1 aromatic heterocycles. The molecular weight excluding hydrogens is 250 g/mol. The van der Waals surface area contributed by atoms with Crippen LogP contribution in [0.1, 0.15) is 36.2 Å². The second kappa shape index (κ2) is 6.57. The Bertz CT molecular complexity index is 563. The third-order valence-corrected chi connectivity index (χ3v) is 3.63. The highest BCUT2D eigenvalue weighted by molar-refractivity contribution is 5.42. The van der Waals surface area contributed by atoms with Crippen molar-refractivity contribution in [2.75, 3.05) is 13.7 Å². The summed E-state index contributed by atoms with van der Waals surface area (Å²) in [6.07, 6.45) is 3.03. The minimum Gasteiger partial charge on any atom is -0.496 e. The zero-order valence-corrected chi connectivity index (χ0v) is 12.7. The van der Waals surface area contributed by atoms with Crippen molar-refractivity contribution in [3.05, 3.63) is 47.3 Å². The molecule has 4 nitrogen and oxygen atoms in total. The van der Waals surface area contributed by atoms with Gasteiger partial charge in [-0.2, -0.15) is 5.10 Å². The van der Waals surface area contributed by atoms with Gasteiger partial charge in [-0.25, -0.2) is 0 Å². The predicted molar refractivity (Wildman–Crippen MR) is 81.1 cm³/mol. The average molecular weight is 273 g/mol. The van der Waals surface area contributed by atoms with E-state index in [0.29, 0.717) is 0 Å². The smallest absolute Gasteiger partial charge is 0.123 e. The molecule has 2 rings (SSSR count). The third-order valence-electron chi connectivity index (χ3n) is 3.63. The fourth-order valence-electron chi connectivity index (χ4n) is 2.38. The Morgan fingerprint density at radius 2 is 2.05 bits per heavy atom. The monoisotopic (exact) mass is 273 g/mol. The fraction of sp³-hybridized carbons (Fsp3) is 0.438. The van der Waals surface area contributed by atoms with Crippen LogP contribution in [-0.2, 0) is 7.05 Å². The van der Waals surface area contributed by atoms with Crippen molar-refractivity contribution in [2.24, 2.45) is 7.05 Å². The summed E-state index contributed by atoms with van der Waals surface area (Å²) in [7, 11) is 3.68. The van der Waals surface area contributed by atoms with Gasteiger partial charge in [0.15, 0.2) is 0 Å². The maximum Gasteiger partial charge on any atom is 0.123 e. The lowest BCUT2D eigenvalue weighted by molar-refractivity contribution is 0.403. The van der Waals surface area contributed by atoms with E-state index in [2.05, 4.69) is 30.3 Å². The molecule has 0 aliphatic carbocycles. The molecule has 0 aliphatic rings. The number of hydrogen-bond acceptors (Lipinski definition) is 3. The van der Waals surface area contributed by atoms with E-state index in [0.717, 1.165) is 24.3 Å². The van der Waals surface area contributed by atoms with Gasteiger partial charge in [-0.15, -0.1) is 0 Å². The van der Waals surface area contributed by atoms with Gasteiger partial charge in [-0.05, 0) is 26.0 Å². The molecule has 1 aromatic carbocycles. The van der Waals surface area contributed by atoms with E-state index >= 15 is 0 Å². The molecule has 2 aromatic rings. The molecule has 1 N–H and O–H groups in total. The first kappa shape index (κ1) is 14.6. The molecule has 0 spiro atoms. The van der Waals surface area contributed by atoms with E-state index in [1.807, 2.05) is 36.1 Å². The van der Waals surface area contributed by atoms with Gasteiger partial charge in [0.1, 0.15) is 5.75 Å². The Balaban J connectivity index is 2.44. The maximum atomic E-state index is 5.51. The molecule has 4 heteroatoms. The highest BCUT2D eigenvalue weighted by Gasteiger charge is 2.21. The van der Waals surface area contributed by atoms with Crippen molar-refractivity contribution in [3.8, 4) is 5.75 Å². The molecule has 108 valence electrons. The second-order valence-corrected chi connectivity index (χ2v) is 4.94. The molecule has 1 atom stereocenters. The van der Waals surface area contributed by atoms with Crippen LogP contribution in [0, 0.1) is 6.92 Å². The maximum absolute atomic E-state index is 5.51. The zero-order chi connectivity index (χ0) is 14.5. The highest BCUT2D eigenvalue weighted by atomic mass is 16.5. The molecular formula is C16H23N3O. The number of hydrogen-bond donors (Lipinski definition) is 1. The number of para-hydroxylation sites is 1. The minimum absolute atomic E-state index is 0.111. The van der Waals surface area contributed by atoms with Crippen LogP contribution in [0.5, 0.6) is 5.75 Å². The zero-order valence-electron chi connectivity index (χ0n) is 12.7. The molecule has 20 heavy (non-hydrogen) atoms. The van der Waals surface area contributed by atoms with Crippen LogP contribution in [0.4, 0.5) is 0 Å². The van der Waals surface area contributed by atoms with Crippen LogP contribution in [0.3, 0.4) is 0 Å². The lowest BCUT2D eigenvalue weighted by Gasteiger charge is -2.21. The largest absolute Gasteiger partial charge is 0.496 e. The number of nitrogens with zero attached hydrogens (tertiary/aromatic N) is 2. The molecule has 0 aliphatic heterocycles. The topological polar surface area (TPSA) is 39.1 Å². The first-order valence-electron chi connectivity index (χ1n) is 7.03. The van der Waals surface area contributed by atoms with Crippen molar-refractivity contribution >= 4 is 0 Å². The van der Waals surface area contributed by atoms with E-state index in [1.165, 1.54) is 11.3 Å². The normalized spacial score (nSPS) is 12.4. The molecule has 0 fully saturated rings. The average Bonchev–Trinajstić information content (AvgIpc) is 2.80. The third kappa shape index (κ3) is 2.85. The van der Waals surface area contributed by atoms with E-state index in [1.54, 1.807) is 7.11 Å².